The maximum atomic E-state index is 5.36. The van der Waals surface area contributed by atoms with Crippen molar-refractivity contribution in [2.75, 3.05) is 13.0 Å². The maximum absolute atomic E-state index is 5.36. The van der Waals surface area contributed by atoms with Gasteiger partial charge in [-0.05, 0) is 12.5 Å². The lowest BCUT2D eigenvalue weighted by Gasteiger charge is -2.16. The summed E-state index contributed by atoms with van der Waals surface area (Å²) in [6, 6.07) is 0. The molecule has 2 N–H and O–H groups in total. The second kappa shape index (κ2) is 5.41. The average Bonchev–Trinajstić information content (AvgIpc) is 1.98. The highest BCUT2D eigenvalue weighted by molar-refractivity contribution is 7.99. The van der Waals surface area contributed by atoms with Gasteiger partial charge in [-0.25, -0.2) is 0 Å². The Balaban J connectivity index is 4.02. The van der Waals surface area contributed by atoms with Crippen LogP contribution >= 0.6 is 11.8 Å². The monoisotopic (exact) mass is 173 g/mol. The Bertz CT molecular complexity index is 156. The van der Waals surface area contributed by atoms with E-state index in [0.29, 0.717) is 5.88 Å². The second-order valence-corrected chi connectivity index (χ2v) is 3.30. The highest BCUT2D eigenvalue weighted by Crippen LogP contribution is 2.21. The van der Waals surface area contributed by atoms with Crippen LogP contribution in [0, 0.1) is 0 Å². The standard InChI is InChI=1S/C8H15NOS/c1-6(2)7(3)8(10-4)11-5-9/h8H,1,3,5,9H2,2,4H3. The molecular weight excluding hydrogens is 158 g/mol. The van der Waals surface area contributed by atoms with E-state index in [4.69, 9.17) is 10.5 Å². The van der Waals surface area contributed by atoms with Crippen LogP contribution in [0.3, 0.4) is 0 Å². The molecule has 11 heavy (non-hydrogen) atoms. The van der Waals surface area contributed by atoms with Gasteiger partial charge in [0.25, 0.3) is 0 Å². The van der Waals surface area contributed by atoms with E-state index >= 15 is 0 Å². The largest absolute Gasteiger partial charge is 0.366 e. The number of rotatable bonds is 5. The Morgan fingerprint density at radius 1 is 1.64 bits per heavy atom. The van der Waals surface area contributed by atoms with Gasteiger partial charge in [-0.15, -0.1) is 11.8 Å². The summed E-state index contributed by atoms with van der Waals surface area (Å²) in [7, 11) is 1.64. The first kappa shape index (κ1) is 10.8. The fraction of sp³-hybridized carbons (Fsp3) is 0.500. The van der Waals surface area contributed by atoms with E-state index in [-0.39, 0.29) is 5.44 Å². The van der Waals surface area contributed by atoms with E-state index in [9.17, 15) is 0 Å². The molecule has 0 amide bonds. The molecule has 0 rings (SSSR count). The lowest BCUT2D eigenvalue weighted by Crippen LogP contribution is -2.12. The first-order chi connectivity index (χ1) is 5.13. The molecule has 1 unspecified atom stereocenters. The van der Waals surface area contributed by atoms with Crippen LogP contribution < -0.4 is 5.73 Å². The zero-order valence-corrected chi connectivity index (χ0v) is 7.91. The Hall–Kier alpha value is -0.250. The molecule has 0 aliphatic carbocycles. The van der Waals surface area contributed by atoms with Crippen LogP contribution in [-0.2, 0) is 4.74 Å². The highest BCUT2D eigenvalue weighted by Gasteiger charge is 2.10. The molecule has 0 aliphatic rings. The van der Waals surface area contributed by atoms with E-state index in [1.165, 1.54) is 11.8 Å². The smallest absolute Gasteiger partial charge is 0.128 e. The van der Waals surface area contributed by atoms with Crippen LogP contribution in [0.5, 0.6) is 0 Å². The summed E-state index contributed by atoms with van der Waals surface area (Å²) in [6.07, 6.45) is 0. The van der Waals surface area contributed by atoms with Gasteiger partial charge in [0.05, 0.1) is 0 Å². The van der Waals surface area contributed by atoms with Crippen LogP contribution in [0.1, 0.15) is 6.92 Å². The maximum Gasteiger partial charge on any atom is 0.128 e. The predicted octanol–water partition coefficient (Wildman–Crippen LogP) is 1.74. The van der Waals surface area contributed by atoms with Crippen molar-refractivity contribution < 1.29 is 4.74 Å². The van der Waals surface area contributed by atoms with Gasteiger partial charge < -0.3 is 10.5 Å². The highest BCUT2D eigenvalue weighted by atomic mass is 32.2. The van der Waals surface area contributed by atoms with Crippen molar-refractivity contribution in [1.82, 2.24) is 0 Å². The SMILES string of the molecule is C=C(C)C(=C)C(OC)SCN. The molecule has 0 fully saturated rings. The third-order valence-electron chi connectivity index (χ3n) is 1.29. The summed E-state index contributed by atoms with van der Waals surface area (Å²) in [4.78, 5) is 0. The zero-order valence-electron chi connectivity index (χ0n) is 7.09. The third-order valence-corrected chi connectivity index (χ3v) is 2.27. The summed E-state index contributed by atoms with van der Waals surface area (Å²) in [5.74, 6) is 0.533. The summed E-state index contributed by atoms with van der Waals surface area (Å²) in [6.45, 7) is 9.52. The molecule has 0 radical (unpaired) electrons. The van der Waals surface area contributed by atoms with Crippen LogP contribution in [0.25, 0.3) is 0 Å². The van der Waals surface area contributed by atoms with Crippen molar-refractivity contribution >= 4 is 11.8 Å². The molecule has 0 aliphatic heterocycles. The molecule has 0 bridgehead atoms. The van der Waals surface area contributed by atoms with Crippen molar-refractivity contribution in [2.45, 2.75) is 12.4 Å². The molecule has 0 heterocycles. The topological polar surface area (TPSA) is 35.2 Å². The summed E-state index contributed by atoms with van der Waals surface area (Å²) in [5.41, 5.74) is 7.16. The van der Waals surface area contributed by atoms with Crippen molar-refractivity contribution in [3.8, 4) is 0 Å². The van der Waals surface area contributed by atoms with Gasteiger partial charge >= 0.3 is 0 Å². The van der Waals surface area contributed by atoms with Gasteiger partial charge in [-0.2, -0.15) is 0 Å². The van der Waals surface area contributed by atoms with E-state index in [0.717, 1.165) is 11.1 Å². The predicted molar refractivity (Wildman–Crippen MR) is 51.4 cm³/mol. The number of methoxy groups -OCH3 is 1. The third kappa shape index (κ3) is 3.60. The Labute approximate surface area is 72.5 Å². The van der Waals surface area contributed by atoms with Crippen LogP contribution in [0.2, 0.25) is 0 Å². The van der Waals surface area contributed by atoms with E-state index in [1.807, 2.05) is 6.92 Å². The van der Waals surface area contributed by atoms with Crippen molar-refractivity contribution in [2.24, 2.45) is 5.73 Å². The number of hydrogen-bond donors (Lipinski definition) is 1. The van der Waals surface area contributed by atoms with Gasteiger partial charge in [-0.3, -0.25) is 0 Å². The minimum atomic E-state index is -0.0440. The molecule has 0 saturated carbocycles. The van der Waals surface area contributed by atoms with Crippen LogP contribution in [-0.4, -0.2) is 18.4 Å². The molecule has 2 nitrogen and oxygen atoms in total. The van der Waals surface area contributed by atoms with Crippen molar-refractivity contribution in [3.05, 3.63) is 24.3 Å². The summed E-state index contributed by atoms with van der Waals surface area (Å²) in [5, 5.41) is 0. The van der Waals surface area contributed by atoms with Crippen molar-refractivity contribution in [3.63, 3.8) is 0 Å². The fourth-order valence-electron chi connectivity index (χ4n) is 0.599. The Morgan fingerprint density at radius 2 is 2.18 bits per heavy atom. The average molecular weight is 173 g/mol. The van der Waals surface area contributed by atoms with Crippen LogP contribution in [0.4, 0.5) is 0 Å². The number of hydrogen-bond acceptors (Lipinski definition) is 3. The molecule has 1 atom stereocenters. The molecular formula is C8H15NOS. The lowest BCUT2D eigenvalue weighted by atomic mass is 10.2. The van der Waals surface area contributed by atoms with Gasteiger partial charge in [0, 0.05) is 13.0 Å². The number of ether oxygens (including phenoxy) is 1. The molecule has 0 spiro atoms. The molecule has 3 heteroatoms. The Morgan fingerprint density at radius 3 is 2.45 bits per heavy atom. The zero-order chi connectivity index (χ0) is 8.85. The van der Waals surface area contributed by atoms with Gasteiger partial charge in [0.2, 0.25) is 0 Å². The van der Waals surface area contributed by atoms with Gasteiger partial charge in [0.15, 0.2) is 0 Å². The summed E-state index contributed by atoms with van der Waals surface area (Å²) < 4.78 is 5.14. The summed E-state index contributed by atoms with van der Waals surface area (Å²) >= 11 is 1.51. The number of thioether (sulfide) groups is 1. The normalized spacial score (nSPS) is 12.6. The minimum Gasteiger partial charge on any atom is -0.366 e. The first-order valence-corrected chi connectivity index (χ1v) is 4.37. The fourth-order valence-corrected chi connectivity index (χ4v) is 1.31. The van der Waals surface area contributed by atoms with E-state index in [1.54, 1.807) is 7.11 Å². The lowest BCUT2D eigenvalue weighted by molar-refractivity contribution is 0.201. The Kier molecular flexibility index (Phi) is 5.28. The van der Waals surface area contributed by atoms with Gasteiger partial charge in [0.1, 0.15) is 5.44 Å². The molecule has 64 valence electrons. The molecule has 0 aromatic rings. The molecule has 0 saturated heterocycles. The van der Waals surface area contributed by atoms with Gasteiger partial charge in [-0.1, -0.05) is 18.7 Å². The molecule has 0 aromatic heterocycles. The first-order valence-electron chi connectivity index (χ1n) is 3.32. The van der Waals surface area contributed by atoms with Crippen molar-refractivity contribution in [1.29, 1.82) is 0 Å². The van der Waals surface area contributed by atoms with E-state index < -0.39 is 0 Å². The minimum absolute atomic E-state index is 0.0440. The molecule has 0 aromatic carbocycles. The quantitative estimate of drug-likeness (QED) is 0.508. The number of nitrogens with two attached hydrogens (primary N) is 1. The van der Waals surface area contributed by atoms with E-state index in [2.05, 4.69) is 13.2 Å². The second-order valence-electron chi connectivity index (χ2n) is 2.21. The van der Waals surface area contributed by atoms with Crippen LogP contribution in [0.15, 0.2) is 24.3 Å².